The molecule has 0 aliphatic heterocycles. The number of carbonyl (C=O) groups is 1. The van der Waals surface area contributed by atoms with Crippen molar-refractivity contribution in [1.29, 1.82) is 0 Å². The Morgan fingerprint density at radius 3 is 2.29 bits per heavy atom. The van der Waals surface area contributed by atoms with Crippen LogP contribution in [0.4, 0.5) is 0 Å². The van der Waals surface area contributed by atoms with E-state index in [-0.39, 0.29) is 0 Å². The fourth-order valence-corrected chi connectivity index (χ4v) is 0.618. The number of hydrogen-bond donors (Lipinski definition) is 2. The van der Waals surface area contributed by atoms with Crippen molar-refractivity contribution >= 4 is 5.97 Å². The van der Waals surface area contributed by atoms with Gasteiger partial charge in [0.05, 0.1) is 7.11 Å². The highest BCUT2D eigenvalue weighted by Gasteiger charge is 2.10. The summed E-state index contributed by atoms with van der Waals surface area (Å²) >= 11 is 0. The van der Waals surface area contributed by atoms with E-state index in [2.05, 4.69) is 18.2 Å². The van der Waals surface area contributed by atoms with Gasteiger partial charge in [0.15, 0.2) is 0 Å². The number of ether oxygens (including phenoxy) is 1. The molecule has 84 valence electrons. The zero-order valence-corrected chi connectivity index (χ0v) is 9.25. The molecule has 0 aromatic heterocycles. The molecule has 0 aliphatic carbocycles. The standard InChI is InChI=1S/C6H15NO.C4H6O2/c1-3-4-5-6(2,7)8;1-3-4(5)6-2/h8H,3-5,7H2,1-2H3;3H,1H2,2H3. The van der Waals surface area contributed by atoms with Gasteiger partial charge in [-0.25, -0.2) is 4.79 Å². The molecule has 0 radical (unpaired) electrons. The third-order valence-corrected chi connectivity index (χ3v) is 1.40. The second kappa shape index (κ2) is 8.72. The summed E-state index contributed by atoms with van der Waals surface area (Å²) in [6.45, 7) is 6.86. The van der Waals surface area contributed by atoms with Gasteiger partial charge in [-0.2, -0.15) is 0 Å². The van der Waals surface area contributed by atoms with Gasteiger partial charge in [-0.3, -0.25) is 0 Å². The minimum atomic E-state index is -0.948. The Bertz CT molecular complexity index is 161. The van der Waals surface area contributed by atoms with Gasteiger partial charge in [0, 0.05) is 6.08 Å². The van der Waals surface area contributed by atoms with Crippen molar-refractivity contribution < 1.29 is 14.6 Å². The monoisotopic (exact) mass is 203 g/mol. The Labute approximate surface area is 85.7 Å². The Morgan fingerprint density at radius 2 is 2.21 bits per heavy atom. The van der Waals surface area contributed by atoms with Crippen LogP contribution in [0.5, 0.6) is 0 Å². The topological polar surface area (TPSA) is 72.5 Å². The molecule has 0 rings (SSSR count). The van der Waals surface area contributed by atoms with E-state index in [1.165, 1.54) is 7.11 Å². The predicted molar refractivity (Wildman–Crippen MR) is 56.5 cm³/mol. The molecule has 14 heavy (non-hydrogen) atoms. The predicted octanol–water partition coefficient (Wildman–Crippen LogP) is 1.19. The summed E-state index contributed by atoms with van der Waals surface area (Å²) in [6.07, 6.45) is 3.90. The van der Waals surface area contributed by atoms with Gasteiger partial charge in [-0.05, 0) is 19.8 Å². The molecular weight excluding hydrogens is 182 g/mol. The number of hydrogen-bond acceptors (Lipinski definition) is 4. The Kier molecular flexibility index (Phi) is 9.71. The van der Waals surface area contributed by atoms with Crippen LogP contribution >= 0.6 is 0 Å². The molecule has 0 bridgehead atoms. The summed E-state index contributed by atoms with van der Waals surface area (Å²) in [5, 5.41) is 8.93. The van der Waals surface area contributed by atoms with E-state index in [1.54, 1.807) is 6.92 Å². The fourth-order valence-electron chi connectivity index (χ4n) is 0.618. The molecule has 0 aromatic carbocycles. The molecular formula is C10H21NO3. The summed E-state index contributed by atoms with van der Waals surface area (Å²) in [6, 6.07) is 0. The number of carbonyl (C=O) groups excluding carboxylic acids is 1. The first-order valence-electron chi connectivity index (χ1n) is 4.59. The van der Waals surface area contributed by atoms with Crippen LogP contribution in [0.3, 0.4) is 0 Å². The first-order chi connectivity index (χ1) is 6.37. The molecule has 0 aliphatic rings. The Balaban J connectivity index is 0. The molecule has 4 heteroatoms. The minimum Gasteiger partial charge on any atom is -0.466 e. The van der Waals surface area contributed by atoms with Gasteiger partial charge in [0.2, 0.25) is 0 Å². The Morgan fingerprint density at radius 1 is 1.71 bits per heavy atom. The Hall–Kier alpha value is -0.870. The number of aliphatic hydroxyl groups is 1. The average Bonchev–Trinajstić information content (AvgIpc) is 2.13. The maximum atomic E-state index is 9.84. The van der Waals surface area contributed by atoms with Crippen molar-refractivity contribution in [3.05, 3.63) is 12.7 Å². The fraction of sp³-hybridized carbons (Fsp3) is 0.700. The maximum absolute atomic E-state index is 9.84. The molecule has 0 saturated heterocycles. The summed E-state index contributed by atoms with van der Waals surface area (Å²) in [5.41, 5.74) is 4.33. The zero-order chi connectivity index (χ0) is 11.6. The molecule has 0 aromatic rings. The second-order valence-electron chi connectivity index (χ2n) is 3.19. The average molecular weight is 203 g/mol. The van der Waals surface area contributed by atoms with Crippen molar-refractivity contribution in [3.63, 3.8) is 0 Å². The highest BCUT2D eigenvalue weighted by atomic mass is 16.5. The number of unbranched alkanes of at least 4 members (excludes halogenated alkanes) is 1. The van der Waals surface area contributed by atoms with Gasteiger partial charge in [-0.1, -0.05) is 19.9 Å². The highest BCUT2D eigenvalue weighted by Crippen LogP contribution is 2.04. The van der Waals surface area contributed by atoms with Crippen LogP contribution in [0, 0.1) is 0 Å². The van der Waals surface area contributed by atoms with E-state index in [4.69, 9.17) is 10.8 Å². The van der Waals surface area contributed by atoms with E-state index >= 15 is 0 Å². The summed E-state index contributed by atoms with van der Waals surface area (Å²) < 4.78 is 4.14. The number of methoxy groups -OCH3 is 1. The third kappa shape index (κ3) is 17.3. The number of esters is 1. The first-order valence-corrected chi connectivity index (χ1v) is 4.59. The molecule has 4 nitrogen and oxygen atoms in total. The van der Waals surface area contributed by atoms with Gasteiger partial charge in [0.25, 0.3) is 0 Å². The molecule has 0 saturated carbocycles. The minimum absolute atomic E-state index is 0.394. The number of nitrogens with two attached hydrogens (primary N) is 1. The summed E-state index contributed by atoms with van der Waals surface area (Å²) in [7, 11) is 1.31. The molecule has 0 spiro atoms. The lowest BCUT2D eigenvalue weighted by Crippen LogP contribution is -2.35. The quantitative estimate of drug-likeness (QED) is 0.409. The third-order valence-electron chi connectivity index (χ3n) is 1.40. The van der Waals surface area contributed by atoms with E-state index in [0.29, 0.717) is 6.42 Å². The molecule has 0 fully saturated rings. The van der Waals surface area contributed by atoms with Crippen LogP contribution in [-0.4, -0.2) is 23.9 Å². The van der Waals surface area contributed by atoms with Crippen LogP contribution < -0.4 is 5.73 Å². The lowest BCUT2D eigenvalue weighted by Gasteiger charge is -2.15. The van der Waals surface area contributed by atoms with E-state index in [9.17, 15) is 4.79 Å². The lowest BCUT2D eigenvalue weighted by molar-refractivity contribution is -0.134. The van der Waals surface area contributed by atoms with Crippen LogP contribution in [0.25, 0.3) is 0 Å². The molecule has 0 amide bonds. The SMILES string of the molecule is C=CC(=O)OC.CCCCC(C)(N)O. The van der Waals surface area contributed by atoms with E-state index < -0.39 is 11.7 Å². The maximum Gasteiger partial charge on any atom is 0.329 e. The highest BCUT2D eigenvalue weighted by molar-refractivity contribution is 5.80. The second-order valence-corrected chi connectivity index (χ2v) is 3.19. The normalized spacial score (nSPS) is 13.2. The molecule has 3 N–H and O–H groups in total. The van der Waals surface area contributed by atoms with E-state index in [0.717, 1.165) is 18.9 Å². The van der Waals surface area contributed by atoms with Crippen molar-refractivity contribution in [2.45, 2.75) is 38.8 Å². The van der Waals surface area contributed by atoms with Gasteiger partial charge in [-0.15, -0.1) is 0 Å². The van der Waals surface area contributed by atoms with Crippen LogP contribution in [0.2, 0.25) is 0 Å². The van der Waals surface area contributed by atoms with E-state index in [1.807, 2.05) is 0 Å². The largest absolute Gasteiger partial charge is 0.466 e. The van der Waals surface area contributed by atoms with Gasteiger partial charge >= 0.3 is 5.97 Å². The van der Waals surface area contributed by atoms with Crippen LogP contribution in [0.1, 0.15) is 33.1 Å². The lowest BCUT2D eigenvalue weighted by atomic mass is 10.1. The van der Waals surface area contributed by atoms with Gasteiger partial charge in [0.1, 0.15) is 5.72 Å². The van der Waals surface area contributed by atoms with Crippen molar-refractivity contribution in [3.8, 4) is 0 Å². The van der Waals surface area contributed by atoms with Gasteiger partial charge < -0.3 is 15.6 Å². The number of rotatable bonds is 4. The van der Waals surface area contributed by atoms with Crippen molar-refractivity contribution in [1.82, 2.24) is 0 Å². The van der Waals surface area contributed by atoms with Crippen molar-refractivity contribution in [2.24, 2.45) is 5.73 Å². The summed E-state index contributed by atoms with van der Waals surface area (Å²) in [4.78, 5) is 9.84. The van der Waals surface area contributed by atoms with Crippen LogP contribution in [-0.2, 0) is 9.53 Å². The van der Waals surface area contributed by atoms with Crippen LogP contribution in [0.15, 0.2) is 12.7 Å². The zero-order valence-electron chi connectivity index (χ0n) is 9.25. The first kappa shape index (κ1) is 15.6. The van der Waals surface area contributed by atoms with Crippen molar-refractivity contribution in [2.75, 3.05) is 7.11 Å². The smallest absolute Gasteiger partial charge is 0.329 e. The molecule has 0 heterocycles. The summed E-state index contributed by atoms with van der Waals surface area (Å²) in [5.74, 6) is -0.394. The molecule has 1 unspecified atom stereocenters. The molecule has 1 atom stereocenters.